The Labute approximate surface area is 131 Å². The molecule has 4 nitrogen and oxygen atoms in total. The van der Waals surface area contributed by atoms with Crippen molar-refractivity contribution >= 4 is 11.8 Å². The Balaban J connectivity index is 1.82. The van der Waals surface area contributed by atoms with Crippen LogP contribution in [0, 0.1) is 5.92 Å². The Morgan fingerprint density at radius 3 is 2.82 bits per heavy atom. The van der Waals surface area contributed by atoms with Gasteiger partial charge in [-0.15, -0.1) is 0 Å². The lowest BCUT2D eigenvalue weighted by Crippen LogP contribution is -2.33. The van der Waals surface area contributed by atoms with Gasteiger partial charge in [0.05, 0.1) is 11.8 Å². The van der Waals surface area contributed by atoms with Gasteiger partial charge in [0.25, 0.3) is 0 Å². The lowest BCUT2D eigenvalue weighted by atomic mass is 9.89. The maximum atomic E-state index is 12.0. The van der Waals surface area contributed by atoms with Crippen molar-refractivity contribution in [2.75, 3.05) is 6.61 Å². The summed E-state index contributed by atoms with van der Waals surface area (Å²) < 4.78 is 5.22. The van der Waals surface area contributed by atoms with Crippen LogP contribution >= 0.6 is 0 Å². The van der Waals surface area contributed by atoms with Crippen LogP contribution in [0.4, 0.5) is 4.79 Å². The molecule has 22 heavy (non-hydrogen) atoms. The Hall–Kier alpha value is -2.10. The van der Waals surface area contributed by atoms with Crippen molar-refractivity contribution < 1.29 is 9.53 Å². The molecule has 4 heteroatoms. The van der Waals surface area contributed by atoms with E-state index in [1.54, 1.807) is 5.01 Å². The number of allylic oxidation sites excluding steroid dienone is 2. The zero-order chi connectivity index (χ0) is 15.5. The molecule has 0 N–H and O–H groups in total. The Morgan fingerprint density at radius 2 is 2.09 bits per heavy atom. The third-order valence-corrected chi connectivity index (χ3v) is 4.38. The first-order valence-electron chi connectivity index (χ1n) is 7.90. The van der Waals surface area contributed by atoms with Crippen LogP contribution in [-0.2, 0) is 11.2 Å². The third-order valence-electron chi connectivity index (χ3n) is 4.38. The van der Waals surface area contributed by atoms with E-state index in [0.717, 1.165) is 25.0 Å². The van der Waals surface area contributed by atoms with Gasteiger partial charge in [-0.25, -0.2) is 4.79 Å². The average Bonchev–Trinajstić information content (AvgIpc) is 2.85. The second-order valence-electron chi connectivity index (χ2n) is 6.12. The Morgan fingerprint density at radius 1 is 1.32 bits per heavy atom. The lowest BCUT2D eigenvalue weighted by Gasteiger charge is -2.23. The molecule has 2 aliphatic rings. The number of ether oxygens (including phenoxy) is 1. The summed E-state index contributed by atoms with van der Waals surface area (Å²) in [7, 11) is 0. The van der Waals surface area contributed by atoms with E-state index >= 15 is 0 Å². The Kier molecular flexibility index (Phi) is 4.27. The minimum atomic E-state index is -0.334. The van der Waals surface area contributed by atoms with E-state index in [0.29, 0.717) is 12.5 Å². The molecule has 1 aliphatic heterocycles. The molecule has 1 heterocycles. The monoisotopic (exact) mass is 298 g/mol. The fraction of sp³-hybridized carbons (Fsp3) is 0.444. The highest BCUT2D eigenvalue weighted by Gasteiger charge is 2.34. The van der Waals surface area contributed by atoms with E-state index in [1.807, 2.05) is 18.2 Å². The van der Waals surface area contributed by atoms with Gasteiger partial charge in [-0.3, -0.25) is 0 Å². The number of hydrogen-bond acceptors (Lipinski definition) is 3. The summed E-state index contributed by atoms with van der Waals surface area (Å²) in [5.74, 6) is 0.385. The summed E-state index contributed by atoms with van der Waals surface area (Å²) in [4.78, 5) is 12.0. The summed E-state index contributed by atoms with van der Waals surface area (Å²) in [5.41, 5.74) is 3.39. The molecule has 1 aromatic carbocycles. The van der Waals surface area contributed by atoms with Gasteiger partial charge < -0.3 is 4.74 Å². The summed E-state index contributed by atoms with van der Waals surface area (Å²) in [6.45, 7) is 4.65. The largest absolute Gasteiger partial charge is 0.446 e. The number of carbonyl (C=O) groups is 1. The van der Waals surface area contributed by atoms with Gasteiger partial charge in [-0.2, -0.15) is 10.1 Å². The van der Waals surface area contributed by atoms with Crippen molar-refractivity contribution in [3.8, 4) is 0 Å². The molecule has 1 aromatic rings. The SMILES string of the molecule is CC1=CCC[C@@H](C)/C1=N\N1C(=O)OC[C@H]1Cc1ccccc1. The quantitative estimate of drug-likeness (QED) is 0.852. The molecule has 0 bridgehead atoms. The fourth-order valence-corrected chi connectivity index (χ4v) is 3.08. The zero-order valence-corrected chi connectivity index (χ0v) is 13.2. The number of hydrogen-bond donors (Lipinski definition) is 0. The second kappa shape index (κ2) is 6.34. The van der Waals surface area contributed by atoms with E-state index < -0.39 is 0 Å². The number of hydrazone groups is 1. The minimum Gasteiger partial charge on any atom is -0.446 e. The highest BCUT2D eigenvalue weighted by molar-refractivity contribution is 6.02. The van der Waals surface area contributed by atoms with Gasteiger partial charge >= 0.3 is 6.09 Å². The van der Waals surface area contributed by atoms with E-state index in [9.17, 15) is 4.79 Å². The highest BCUT2D eigenvalue weighted by atomic mass is 16.6. The van der Waals surface area contributed by atoms with Crippen LogP contribution < -0.4 is 0 Å². The number of nitrogens with zero attached hydrogens (tertiary/aromatic N) is 2. The summed E-state index contributed by atoms with van der Waals surface area (Å²) in [6.07, 6.45) is 4.80. The predicted octanol–water partition coefficient (Wildman–Crippen LogP) is 3.78. The summed E-state index contributed by atoms with van der Waals surface area (Å²) in [6, 6.07) is 10.1. The molecule has 0 unspecified atom stereocenters. The molecule has 0 spiro atoms. The molecule has 0 aromatic heterocycles. The van der Waals surface area contributed by atoms with Crippen molar-refractivity contribution in [2.45, 2.75) is 39.2 Å². The molecule has 1 amide bonds. The molecule has 1 fully saturated rings. The van der Waals surface area contributed by atoms with Crippen LogP contribution in [0.3, 0.4) is 0 Å². The van der Waals surface area contributed by atoms with Gasteiger partial charge in [-0.1, -0.05) is 43.3 Å². The zero-order valence-electron chi connectivity index (χ0n) is 13.2. The van der Waals surface area contributed by atoms with Crippen molar-refractivity contribution in [1.82, 2.24) is 5.01 Å². The minimum absolute atomic E-state index is 0.0238. The van der Waals surface area contributed by atoms with E-state index in [1.165, 1.54) is 11.1 Å². The van der Waals surface area contributed by atoms with Gasteiger partial charge in [0.15, 0.2) is 0 Å². The van der Waals surface area contributed by atoms with Crippen LogP contribution in [0.2, 0.25) is 0 Å². The van der Waals surface area contributed by atoms with Gasteiger partial charge in [-0.05, 0) is 37.3 Å². The molecule has 116 valence electrons. The van der Waals surface area contributed by atoms with Crippen molar-refractivity contribution in [3.63, 3.8) is 0 Å². The fourth-order valence-electron chi connectivity index (χ4n) is 3.08. The number of carbonyl (C=O) groups excluding carboxylic acids is 1. The molecular formula is C18H22N2O2. The average molecular weight is 298 g/mol. The molecule has 2 atom stereocenters. The number of rotatable bonds is 3. The molecule has 3 rings (SSSR count). The maximum absolute atomic E-state index is 12.0. The van der Waals surface area contributed by atoms with Gasteiger partial charge in [0.2, 0.25) is 0 Å². The first-order chi connectivity index (χ1) is 10.6. The topological polar surface area (TPSA) is 41.9 Å². The van der Waals surface area contributed by atoms with E-state index in [2.05, 4.69) is 37.2 Å². The molecule has 0 radical (unpaired) electrons. The molecule has 1 aliphatic carbocycles. The second-order valence-corrected chi connectivity index (χ2v) is 6.12. The highest BCUT2D eigenvalue weighted by Crippen LogP contribution is 2.24. The summed E-state index contributed by atoms with van der Waals surface area (Å²) in [5, 5.41) is 6.21. The van der Waals surface area contributed by atoms with Crippen LogP contribution in [-0.4, -0.2) is 29.5 Å². The normalized spacial score (nSPS) is 27.0. The smallest absolute Gasteiger partial charge is 0.430 e. The predicted molar refractivity (Wildman–Crippen MR) is 86.7 cm³/mol. The van der Waals surface area contributed by atoms with E-state index in [-0.39, 0.29) is 12.1 Å². The molecule has 1 saturated heterocycles. The van der Waals surface area contributed by atoms with Crippen molar-refractivity contribution in [1.29, 1.82) is 0 Å². The van der Waals surface area contributed by atoms with E-state index in [4.69, 9.17) is 4.74 Å². The standard InChI is InChI=1S/C18H22N2O2/c1-13-7-6-8-14(2)17(13)19-20-16(12-22-18(20)21)11-15-9-4-3-5-10-15/h3-5,7,9-10,14,16H,6,8,11-12H2,1-2H3/b19-17-/t14-,16-/m1/s1. The Bertz CT molecular complexity index is 607. The first-order valence-corrected chi connectivity index (χ1v) is 7.90. The van der Waals surface area contributed by atoms with Crippen molar-refractivity contribution in [3.05, 3.63) is 47.5 Å². The van der Waals surface area contributed by atoms with Gasteiger partial charge in [0, 0.05) is 5.92 Å². The van der Waals surface area contributed by atoms with Crippen LogP contribution in [0.15, 0.2) is 47.1 Å². The van der Waals surface area contributed by atoms with Crippen LogP contribution in [0.25, 0.3) is 0 Å². The maximum Gasteiger partial charge on any atom is 0.430 e. The molecular weight excluding hydrogens is 276 g/mol. The number of cyclic esters (lactones) is 1. The lowest BCUT2D eigenvalue weighted by molar-refractivity contribution is 0.158. The van der Waals surface area contributed by atoms with Crippen molar-refractivity contribution in [2.24, 2.45) is 11.0 Å². The van der Waals surface area contributed by atoms with Crippen LogP contribution in [0.5, 0.6) is 0 Å². The number of benzene rings is 1. The third kappa shape index (κ3) is 3.06. The molecule has 0 saturated carbocycles. The summed E-state index contributed by atoms with van der Waals surface area (Å²) >= 11 is 0. The van der Waals surface area contributed by atoms with Gasteiger partial charge in [0.1, 0.15) is 6.61 Å². The van der Waals surface area contributed by atoms with Crippen LogP contribution in [0.1, 0.15) is 32.3 Å². The first kappa shape index (κ1) is 14.8. The number of amides is 1.